The van der Waals surface area contributed by atoms with Crippen LogP contribution in [0.15, 0.2) is 28.9 Å². The van der Waals surface area contributed by atoms with Crippen molar-refractivity contribution in [2.75, 3.05) is 0 Å². The Hall–Kier alpha value is -1.75. The second-order valence-electron chi connectivity index (χ2n) is 4.97. The quantitative estimate of drug-likeness (QED) is 0.892. The summed E-state index contributed by atoms with van der Waals surface area (Å²) in [5, 5.41) is 3.96. The van der Waals surface area contributed by atoms with Gasteiger partial charge in [0.1, 0.15) is 5.69 Å². The number of hydrogen-bond donors (Lipinski definition) is 1. The van der Waals surface area contributed by atoms with Gasteiger partial charge in [-0.25, -0.2) is 0 Å². The highest BCUT2D eigenvalue weighted by molar-refractivity contribution is 5.47. The van der Waals surface area contributed by atoms with E-state index in [1.807, 2.05) is 18.2 Å². The van der Waals surface area contributed by atoms with Gasteiger partial charge >= 0.3 is 0 Å². The molecule has 0 unspecified atom stereocenters. The van der Waals surface area contributed by atoms with E-state index in [4.69, 9.17) is 10.3 Å². The Morgan fingerprint density at radius 2 is 2.11 bits per heavy atom. The van der Waals surface area contributed by atoms with E-state index in [9.17, 15) is 0 Å². The molecule has 2 N–H and O–H groups in total. The Kier molecular flexibility index (Phi) is 2.83. The highest BCUT2D eigenvalue weighted by Crippen LogP contribution is 2.30. The molecule has 1 aliphatic rings. The van der Waals surface area contributed by atoms with Crippen LogP contribution in [0.4, 0.5) is 0 Å². The van der Waals surface area contributed by atoms with E-state index in [1.165, 1.54) is 12.8 Å². The van der Waals surface area contributed by atoms with Crippen molar-refractivity contribution in [3.63, 3.8) is 0 Å². The molecule has 0 spiro atoms. The van der Waals surface area contributed by atoms with Crippen molar-refractivity contribution >= 4 is 0 Å². The van der Waals surface area contributed by atoms with Gasteiger partial charge in [-0.3, -0.25) is 4.98 Å². The molecule has 0 aliphatic heterocycles. The molecule has 1 aliphatic carbocycles. The van der Waals surface area contributed by atoms with Gasteiger partial charge in [-0.1, -0.05) is 24.1 Å². The molecular formula is C13H16N4O. The number of nitrogens with zero attached hydrogens (tertiary/aromatic N) is 3. The van der Waals surface area contributed by atoms with Gasteiger partial charge in [0, 0.05) is 18.2 Å². The smallest absolute Gasteiger partial charge is 0.228 e. The van der Waals surface area contributed by atoms with Crippen LogP contribution in [0.5, 0.6) is 0 Å². The van der Waals surface area contributed by atoms with Crippen molar-refractivity contribution in [1.29, 1.82) is 0 Å². The third kappa shape index (κ3) is 2.26. The maximum absolute atomic E-state index is 6.30. The molecule has 0 aromatic carbocycles. The summed E-state index contributed by atoms with van der Waals surface area (Å²) < 4.78 is 5.27. The zero-order chi connectivity index (χ0) is 12.4. The van der Waals surface area contributed by atoms with Gasteiger partial charge in [-0.05, 0) is 25.0 Å². The molecular weight excluding hydrogens is 228 g/mol. The normalized spacial score (nSPS) is 18.1. The van der Waals surface area contributed by atoms with E-state index < -0.39 is 0 Å². The highest BCUT2D eigenvalue weighted by atomic mass is 16.5. The Morgan fingerprint density at radius 3 is 2.83 bits per heavy atom. The zero-order valence-corrected chi connectivity index (χ0v) is 10.2. The van der Waals surface area contributed by atoms with Gasteiger partial charge in [0.2, 0.25) is 11.7 Å². The largest absolute Gasteiger partial charge is 0.339 e. The number of hydrogen-bond acceptors (Lipinski definition) is 5. The van der Waals surface area contributed by atoms with Crippen LogP contribution in [0.3, 0.4) is 0 Å². The molecule has 94 valence electrons. The number of aromatic nitrogens is 3. The van der Waals surface area contributed by atoms with Crippen LogP contribution in [0.25, 0.3) is 11.5 Å². The van der Waals surface area contributed by atoms with Crippen molar-refractivity contribution in [2.24, 2.45) is 5.73 Å². The molecule has 1 saturated carbocycles. The fourth-order valence-corrected chi connectivity index (χ4v) is 2.48. The highest BCUT2D eigenvalue weighted by Gasteiger charge is 2.31. The topological polar surface area (TPSA) is 77.8 Å². The lowest BCUT2D eigenvalue weighted by molar-refractivity contribution is 0.329. The van der Waals surface area contributed by atoms with Gasteiger partial charge in [-0.15, -0.1) is 0 Å². The first-order valence-corrected chi connectivity index (χ1v) is 6.28. The lowest BCUT2D eigenvalue weighted by atomic mass is 9.95. The van der Waals surface area contributed by atoms with Crippen LogP contribution in [-0.2, 0) is 6.42 Å². The van der Waals surface area contributed by atoms with E-state index in [0.29, 0.717) is 18.1 Å². The molecule has 2 aromatic rings. The van der Waals surface area contributed by atoms with Gasteiger partial charge in [0.05, 0.1) is 0 Å². The number of pyridine rings is 1. The molecule has 0 bridgehead atoms. The first kappa shape index (κ1) is 11.3. The van der Waals surface area contributed by atoms with E-state index in [2.05, 4.69) is 15.1 Å². The molecule has 5 heteroatoms. The van der Waals surface area contributed by atoms with E-state index >= 15 is 0 Å². The summed E-state index contributed by atoms with van der Waals surface area (Å²) >= 11 is 0. The lowest BCUT2D eigenvalue weighted by Gasteiger charge is -2.20. The Labute approximate surface area is 105 Å². The minimum absolute atomic E-state index is 0.159. The van der Waals surface area contributed by atoms with Crippen molar-refractivity contribution in [2.45, 2.75) is 37.6 Å². The Bertz CT molecular complexity index is 517. The van der Waals surface area contributed by atoms with Crippen LogP contribution in [0.1, 0.15) is 31.6 Å². The fourth-order valence-electron chi connectivity index (χ4n) is 2.48. The zero-order valence-electron chi connectivity index (χ0n) is 10.2. The fraction of sp³-hybridized carbons (Fsp3) is 0.462. The summed E-state index contributed by atoms with van der Waals surface area (Å²) in [6.45, 7) is 0. The molecule has 18 heavy (non-hydrogen) atoms. The summed E-state index contributed by atoms with van der Waals surface area (Å²) in [6.07, 6.45) is 6.83. The molecule has 0 saturated heterocycles. The molecule has 2 aromatic heterocycles. The van der Waals surface area contributed by atoms with Crippen LogP contribution in [0, 0.1) is 0 Å². The first-order valence-electron chi connectivity index (χ1n) is 6.28. The monoisotopic (exact) mass is 244 g/mol. The molecule has 0 radical (unpaired) electrons. The first-order chi connectivity index (χ1) is 8.75. The second kappa shape index (κ2) is 4.49. The molecule has 1 fully saturated rings. The van der Waals surface area contributed by atoms with Crippen LogP contribution in [0.2, 0.25) is 0 Å². The van der Waals surface area contributed by atoms with Gasteiger partial charge in [0.25, 0.3) is 0 Å². The Balaban J connectivity index is 1.78. The second-order valence-corrected chi connectivity index (χ2v) is 4.97. The van der Waals surface area contributed by atoms with E-state index in [-0.39, 0.29) is 5.54 Å². The van der Waals surface area contributed by atoms with Gasteiger partial charge < -0.3 is 10.3 Å². The summed E-state index contributed by atoms with van der Waals surface area (Å²) in [5.41, 5.74) is 6.86. The predicted molar refractivity (Wildman–Crippen MR) is 66.6 cm³/mol. The molecule has 3 rings (SSSR count). The van der Waals surface area contributed by atoms with Crippen LogP contribution < -0.4 is 5.73 Å². The van der Waals surface area contributed by atoms with Gasteiger partial charge in [-0.2, -0.15) is 4.98 Å². The Morgan fingerprint density at radius 1 is 1.28 bits per heavy atom. The van der Waals surface area contributed by atoms with Crippen LogP contribution in [-0.4, -0.2) is 20.7 Å². The minimum atomic E-state index is -0.159. The predicted octanol–water partition coefficient (Wildman–Crippen LogP) is 1.95. The molecule has 5 nitrogen and oxygen atoms in total. The standard InChI is InChI=1S/C13H16N4O/c14-13(6-2-3-7-13)9-11-16-12(17-18-11)10-5-1-4-8-15-10/h1,4-5,8H,2-3,6-7,9,14H2. The average molecular weight is 244 g/mol. The summed E-state index contributed by atoms with van der Waals surface area (Å²) in [7, 11) is 0. The average Bonchev–Trinajstić information content (AvgIpc) is 3.00. The maximum atomic E-state index is 6.30. The van der Waals surface area contributed by atoms with E-state index in [0.717, 1.165) is 18.5 Å². The third-order valence-corrected chi connectivity index (χ3v) is 3.46. The molecule has 0 atom stereocenters. The molecule has 2 heterocycles. The van der Waals surface area contributed by atoms with Crippen molar-refractivity contribution in [3.8, 4) is 11.5 Å². The van der Waals surface area contributed by atoms with Crippen LogP contribution >= 0.6 is 0 Å². The number of nitrogens with two attached hydrogens (primary N) is 1. The van der Waals surface area contributed by atoms with Crippen molar-refractivity contribution in [3.05, 3.63) is 30.3 Å². The summed E-state index contributed by atoms with van der Waals surface area (Å²) in [5.74, 6) is 1.15. The van der Waals surface area contributed by atoms with Gasteiger partial charge in [0.15, 0.2) is 0 Å². The molecule has 0 amide bonds. The minimum Gasteiger partial charge on any atom is -0.339 e. The SMILES string of the molecule is NC1(Cc2nc(-c3ccccn3)no2)CCCC1. The lowest BCUT2D eigenvalue weighted by Crippen LogP contribution is -2.38. The third-order valence-electron chi connectivity index (χ3n) is 3.46. The van der Waals surface area contributed by atoms with E-state index in [1.54, 1.807) is 6.20 Å². The summed E-state index contributed by atoms with van der Waals surface area (Å²) in [6, 6.07) is 5.63. The van der Waals surface area contributed by atoms with Crippen molar-refractivity contribution in [1.82, 2.24) is 15.1 Å². The number of rotatable bonds is 3. The maximum Gasteiger partial charge on any atom is 0.228 e. The van der Waals surface area contributed by atoms with Crippen molar-refractivity contribution < 1.29 is 4.52 Å². The summed E-state index contributed by atoms with van der Waals surface area (Å²) in [4.78, 5) is 8.56.